The molecule has 4 heteroatoms. The van der Waals surface area contributed by atoms with Crippen molar-refractivity contribution < 1.29 is 4.74 Å². The van der Waals surface area contributed by atoms with Crippen LogP contribution in [0.1, 0.15) is 52.9 Å². The van der Waals surface area contributed by atoms with Crippen molar-refractivity contribution in [1.29, 1.82) is 5.41 Å². The molecular weight excluding hydrogens is 238 g/mol. The quantitative estimate of drug-likeness (QED) is 0.404. The highest BCUT2D eigenvalue weighted by Crippen LogP contribution is 2.23. The SMILES string of the molecule is CCOC1CCCN(CCCCC(C)(C)C(=N)N)C1. The number of piperidine rings is 1. The van der Waals surface area contributed by atoms with Gasteiger partial charge in [-0.2, -0.15) is 0 Å². The van der Waals surface area contributed by atoms with Crippen LogP contribution in [-0.4, -0.2) is 43.1 Å². The number of amidine groups is 1. The highest BCUT2D eigenvalue weighted by Gasteiger charge is 2.22. The molecule has 1 aliphatic heterocycles. The van der Waals surface area contributed by atoms with E-state index < -0.39 is 0 Å². The minimum Gasteiger partial charge on any atom is -0.387 e. The molecular formula is C15H31N3O. The fourth-order valence-corrected chi connectivity index (χ4v) is 2.62. The molecule has 112 valence electrons. The summed E-state index contributed by atoms with van der Waals surface area (Å²) in [6.07, 6.45) is 6.24. The molecule has 1 heterocycles. The summed E-state index contributed by atoms with van der Waals surface area (Å²) in [5, 5.41) is 7.55. The van der Waals surface area contributed by atoms with E-state index in [2.05, 4.69) is 25.7 Å². The highest BCUT2D eigenvalue weighted by atomic mass is 16.5. The molecule has 1 atom stereocenters. The number of unbranched alkanes of at least 4 members (excludes halogenated alkanes) is 1. The summed E-state index contributed by atoms with van der Waals surface area (Å²) in [6, 6.07) is 0. The van der Waals surface area contributed by atoms with Gasteiger partial charge in [0.1, 0.15) is 0 Å². The number of likely N-dealkylation sites (tertiary alicyclic amines) is 1. The molecule has 0 spiro atoms. The summed E-state index contributed by atoms with van der Waals surface area (Å²) in [6.45, 7) is 10.5. The van der Waals surface area contributed by atoms with Crippen molar-refractivity contribution in [2.75, 3.05) is 26.2 Å². The van der Waals surface area contributed by atoms with Gasteiger partial charge in [0, 0.05) is 18.6 Å². The standard InChI is InChI=1S/C15H31N3O/c1-4-19-13-8-7-11-18(12-13)10-6-5-9-15(2,3)14(16)17/h13H,4-12H2,1-3H3,(H3,16,17). The lowest BCUT2D eigenvalue weighted by atomic mass is 9.86. The first-order valence-electron chi connectivity index (χ1n) is 7.64. The summed E-state index contributed by atoms with van der Waals surface area (Å²) < 4.78 is 5.72. The molecule has 0 aromatic carbocycles. The Bertz CT molecular complexity index is 277. The van der Waals surface area contributed by atoms with Crippen molar-refractivity contribution in [3.05, 3.63) is 0 Å². The predicted octanol–water partition coefficient (Wildman–Crippen LogP) is 2.62. The Morgan fingerprint density at radius 1 is 1.42 bits per heavy atom. The van der Waals surface area contributed by atoms with Crippen LogP contribution in [0.5, 0.6) is 0 Å². The first-order chi connectivity index (χ1) is 8.95. The Labute approximate surface area is 118 Å². The van der Waals surface area contributed by atoms with E-state index in [0.29, 0.717) is 11.9 Å². The maximum Gasteiger partial charge on any atom is 0.0963 e. The van der Waals surface area contributed by atoms with Crippen molar-refractivity contribution >= 4 is 5.84 Å². The Kier molecular flexibility index (Phi) is 6.80. The molecule has 1 aliphatic rings. The van der Waals surface area contributed by atoms with Crippen LogP contribution < -0.4 is 5.73 Å². The van der Waals surface area contributed by atoms with Crippen molar-refractivity contribution in [2.24, 2.45) is 11.1 Å². The van der Waals surface area contributed by atoms with Gasteiger partial charge in [-0.05, 0) is 45.7 Å². The van der Waals surface area contributed by atoms with Crippen LogP contribution >= 0.6 is 0 Å². The van der Waals surface area contributed by atoms with Gasteiger partial charge in [-0.25, -0.2) is 0 Å². The molecule has 0 radical (unpaired) electrons. The van der Waals surface area contributed by atoms with E-state index in [4.69, 9.17) is 15.9 Å². The number of hydrogen-bond donors (Lipinski definition) is 2. The fraction of sp³-hybridized carbons (Fsp3) is 0.933. The summed E-state index contributed by atoms with van der Waals surface area (Å²) >= 11 is 0. The zero-order valence-electron chi connectivity index (χ0n) is 12.9. The topological polar surface area (TPSA) is 62.3 Å². The molecule has 4 nitrogen and oxygen atoms in total. The maximum atomic E-state index is 7.55. The Balaban J connectivity index is 2.17. The van der Waals surface area contributed by atoms with E-state index in [1.807, 2.05) is 0 Å². The molecule has 3 N–H and O–H groups in total. The maximum absolute atomic E-state index is 7.55. The van der Waals surface area contributed by atoms with Crippen LogP contribution in [0, 0.1) is 10.8 Å². The van der Waals surface area contributed by atoms with Crippen LogP contribution in [0.2, 0.25) is 0 Å². The van der Waals surface area contributed by atoms with Gasteiger partial charge in [-0.3, -0.25) is 5.41 Å². The zero-order valence-corrected chi connectivity index (χ0v) is 12.9. The van der Waals surface area contributed by atoms with E-state index >= 15 is 0 Å². The van der Waals surface area contributed by atoms with Gasteiger partial charge in [0.05, 0.1) is 11.9 Å². The lowest BCUT2D eigenvalue weighted by Gasteiger charge is -2.32. The fourth-order valence-electron chi connectivity index (χ4n) is 2.62. The van der Waals surface area contributed by atoms with E-state index in [1.165, 1.54) is 25.8 Å². The van der Waals surface area contributed by atoms with Gasteiger partial charge in [0.15, 0.2) is 0 Å². The Hall–Kier alpha value is -0.610. The average molecular weight is 269 g/mol. The second-order valence-electron chi connectivity index (χ2n) is 6.27. The third-order valence-electron chi connectivity index (χ3n) is 4.12. The lowest BCUT2D eigenvalue weighted by Crippen LogP contribution is -2.40. The molecule has 1 rings (SSSR count). The van der Waals surface area contributed by atoms with Crippen molar-refractivity contribution in [2.45, 2.75) is 59.0 Å². The predicted molar refractivity (Wildman–Crippen MR) is 80.6 cm³/mol. The minimum atomic E-state index is -0.143. The third kappa shape index (κ3) is 5.91. The average Bonchev–Trinajstić information content (AvgIpc) is 2.35. The van der Waals surface area contributed by atoms with Gasteiger partial charge in [-0.1, -0.05) is 20.3 Å². The third-order valence-corrected chi connectivity index (χ3v) is 4.12. The van der Waals surface area contributed by atoms with Gasteiger partial charge in [-0.15, -0.1) is 0 Å². The molecule has 19 heavy (non-hydrogen) atoms. The van der Waals surface area contributed by atoms with Crippen LogP contribution in [-0.2, 0) is 4.74 Å². The number of ether oxygens (including phenoxy) is 1. The minimum absolute atomic E-state index is 0.143. The van der Waals surface area contributed by atoms with Gasteiger partial charge >= 0.3 is 0 Å². The molecule has 1 fully saturated rings. The van der Waals surface area contributed by atoms with Crippen molar-refractivity contribution in [3.8, 4) is 0 Å². The first-order valence-corrected chi connectivity index (χ1v) is 7.64. The Morgan fingerprint density at radius 3 is 2.79 bits per heavy atom. The molecule has 0 saturated carbocycles. The van der Waals surface area contributed by atoms with E-state index in [-0.39, 0.29) is 5.41 Å². The van der Waals surface area contributed by atoms with Crippen LogP contribution in [0.15, 0.2) is 0 Å². The summed E-state index contributed by atoms with van der Waals surface area (Å²) in [4.78, 5) is 2.52. The number of nitrogens with two attached hydrogens (primary N) is 1. The number of nitrogens with one attached hydrogen (secondary N) is 1. The molecule has 0 amide bonds. The Morgan fingerprint density at radius 2 is 2.16 bits per heavy atom. The summed E-state index contributed by atoms with van der Waals surface area (Å²) in [7, 11) is 0. The molecule has 0 aromatic heterocycles. The van der Waals surface area contributed by atoms with Crippen molar-refractivity contribution in [3.63, 3.8) is 0 Å². The van der Waals surface area contributed by atoms with Gasteiger partial charge < -0.3 is 15.4 Å². The van der Waals surface area contributed by atoms with Crippen LogP contribution in [0.4, 0.5) is 0 Å². The summed E-state index contributed by atoms with van der Waals surface area (Å²) in [5.41, 5.74) is 5.46. The van der Waals surface area contributed by atoms with Gasteiger partial charge in [0.25, 0.3) is 0 Å². The number of rotatable bonds is 8. The summed E-state index contributed by atoms with van der Waals surface area (Å²) in [5.74, 6) is 0.307. The molecule has 0 aliphatic carbocycles. The van der Waals surface area contributed by atoms with E-state index in [1.54, 1.807) is 0 Å². The number of nitrogens with zero attached hydrogens (tertiary/aromatic N) is 1. The van der Waals surface area contributed by atoms with Gasteiger partial charge in [0.2, 0.25) is 0 Å². The molecule has 0 aromatic rings. The van der Waals surface area contributed by atoms with Crippen LogP contribution in [0.25, 0.3) is 0 Å². The first kappa shape index (κ1) is 16.4. The normalized spacial score (nSPS) is 21.5. The van der Waals surface area contributed by atoms with E-state index in [0.717, 1.165) is 32.5 Å². The largest absolute Gasteiger partial charge is 0.387 e. The molecule has 1 unspecified atom stereocenters. The number of hydrogen-bond acceptors (Lipinski definition) is 3. The molecule has 0 bridgehead atoms. The second kappa shape index (κ2) is 7.85. The zero-order chi connectivity index (χ0) is 14.3. The molecule has 1 saturated heterocycles. The lowest BCUT2D eigenvalue weighted by molar-refractivity contribution is 0.00550. The highest BCUT2D eigenvalue weighted by molar-refractivity contribution is 5.82. The van der Waals surface area contributed by atoms with Crippen LogP contribution in [0.3, 0.4) is 0 Å². The smallest absolute Gasteiger partial charge is 0.0963 e. The van der Waals surface area contributed by atoms with E-state index in [9.17, 15) is 0 Å². The second-order valence-corrected chi connectivity index (χ2v) is 6.27. The van der Waals surface area contributed by atoms with Crippen molar-refractivity contribution in [1.82, 2.24) is 4.90 Å². The monoisotopic (exact) mass is 269 g/mol.